The molecule has 1 aromatic rings. The number of anilines is 1. The molecule has 4 rings (SSSR count). The zero-order chi connectivity index (χ0) is 20.6. The first-order valence-electron chi connectivity index (χ1n) is 10.4. The van der Waals surface area contributed by atoms with E-state index in [-0.39, 0.29) is 12.5 Å². The van der Waals surface area contributed by atoms with Gasteiger partial charge in [-0.25, -0.2) is 4.79 Å². The number of rotatable bonds is 3. The van der Waals surface area contributed by atoms with Crippen molar-refractivity contribution in [3.8, 4) is 6.07 Å². The van der Waals surface area contributed by atoms with Crippen molar-refractivity contribution in [2.24, 2.45) is 5.92 Å². The van der Waals surface area contributed by atoms with Gasteiger partial charge in [0.1, 0.15) is 23.2 Å². The second-order valence-electron chi connectivity index (χ2n) is 8.53. The number of thiophene rings is 1. The summed E-state index contributed by atoms with van der Waals surface area (Å²) in [7, 11) is 0. The number of urea groups is 1. The quantitative estimate of drug-likeness (QED) is 0.741. The van der Waals surface area contributed by atoms with Gasteiger partial charge in [0.2, 0.25) is 5.91 Å². The van der Waals surface area contributed by atoms with Gasteiger partial charge in [-0.1, -0.05) is 32.6 Å². The highest BCUT2D eigenvalue weighted by Gasteiger charge is 2.51. The first kappa shape index (κ1) is 19.9. The lowest BCUT2D eigenvalue weighted by Gasteiger charge is -2.24. The summed E-state index contributed by atoms with van der Waals surface area (Å²) in [4.78, 5) is 40.2. The van der Waals surface area contributed by atoms with Crippen LogP contribution in [-0.4, -0.2) is 34.8 Å². The number of carbonyl (C=O) groups excluding carboxylic acids is 3. The van der Waals surface area contributed by atoms with Crippen LogP contribution in [0.3, 0.4) is 0 Å². The van der Waals surface area contributed by atoms with Crippen LogP contribution >= 0.6 is 11.3 Å². The summed E-state index contributed by atoms with van der Waals surface area (Å²) in [5, 5.41) is 15.8. The van der Waals surface area contributed by atoms with Gasteiger partial charge in [-0.2, -0.15) is 5.26 Å². The number of nitrogens with one attached hydrogen (secondary N) is 2. The maximum atomic E-state index is 13.0. The maximum Gasteiger partial charge on any atom is 0.325 e. The smallest absolute Gasteiger partial charge is 0.323 e. The normalized spacial score (nSPS) is 23.3. The molecule has 0 unspecified atom stereocenters. The third-order valence-electron chi connectivity index (χ3n) is 6.38. The van der Waals surface area contributed by atoms with E-state index in [1.54, 1.807) is 0 Å². The van der Waals surface area contributed by atoms with E-state index < -0.39 is 17.5 Å². The number of amides is 4. The number of nitrogens with zero attached hydrogens (tertiary/aromatic N) is 2. The van der Waals surface area contributed by atoms with Crippen LogP contribution in [0.25, 0.3) is 0 Å². The van der Waals surface area contributed by atoms with E-state index in [4.69, 9.17) is 0 Å². The molecule has 3 aliphatic rings. The number of nitriles is 1. The molecule has 154 valence electrons. The highest BCUT2D eigenvalue weighted by molar-refractivity contribution is 7.16. The van der Waals surface area contributed by atoms with Crippen LogP contribution < -0.4 is 10.6 Å². The lowest BCUT2D eigenvalue weighted by molar-refractivity contribution is -0.134. The molecule has 0 aromatic carbocycles. The Morgan fingerprint density at radius 2 is 2.03 bits per heavy atom. The molecule has 4 amide bonds. The number of hydrogen-bond donors (Lipinski definition) is 2. The van der Waals surface area contributed by atoms with E-state index >= 15 is 0 Å². The summed E-state index contributed by atoms with van der Waals surface area (Å²) >= 11 is 1.44. The molecule has 1 saturated heterocycles. The lowest BCUT2D eigenvalue weighted by atomic mass is 9.89. The summed E-state index contributed by atoms with van der Waals surface area (Å²) in [6, 6.07) is 1.73. The van der Waals surface area contributed by atoms with Crippen molar-refractivity contribution in [3.63, 3.8) is 0 Å². The Bertz CT molecular complexity index is 892. The van der Waals surface area contributed by atoms with E-state index in [0.717, 1.165) is 60.3 Å². The average molecular weight is 415 g/mol. The molecular formula is C21H26N4O3S. The summed E-state index contributed by atoms with van der Waals surface area (Å²) in [5.74, 6) is -0.167. The third-order valence-corrected chi connectivity index (χ3v) is 7.55. The van der Waals surface area contributed by atoms with Crippen LogP contribution in [0.1, 0.15) is 67.9 Å². The average Bonchev–Trinajstić information content (AvgIpc) is 2.99. The van der Waals surface area contributed by atoms with Gasteiger partial charge < -0.3 is 10.6 Å². The zero-order valence-electron chi connectivity index (χ0n) is 16.7. The van der Waals surface area contributed by atoms with Crippen LogP contribution in [0.4, 0.5) is 9.80 Å². The lowest BCUT2D eigenvalue weighted by Crippen LogP contribution is -2.47. The summed E-state index contributed by atoms with van der Waals surface area (Å²) in [6.07, 6.45) is 7.98. The van der Waals surface area contributed by atoms with Crippen LogP contribution in [0, 0.1) is 17.2 Å². The van der Waals surface area contributed by atoms with Gasteiger partial charge in [-0.3, -0.25) is 14.5 Å². The topological polar surface area (TPSA) is 102 Å². The van der Waals surface area contributed by atoms with Crippen molar-refractivity contribution in [2.45, 2.75) is 70.3 Å². The molecule has 29 heavy (non-hydrogen) atoms. The molecule has 1 saturated carbocycles. The largest absolute Gasteiger partial charge is 0.325 e. The summed E-state index contributed by atoms with van der Waals surface area (Å²) in [6.45, 7) is 1.87. The third kappa shape index (κ3) is 3.64. The minimum atomic E-state index is -0.843. The van der Waals surface area contributed by atoms with Crippen LogP contribution in [-0.2, 0) is 22.4 Å². The minimum Gasteiger partial charge on any atom is -0.323 e. The molecule has 0 bridgehead atoms. The predicted octanol–water partition coefficient (Wildman–Crippen LogP) is 3.33. The molecule has 1 atom stereocenters. The molecule has 8 heteroatoms. The van der Waals surface area contributed by atoms with Crippen molar-refractivity contribution < 1.29 is 14.4 Å². The van der Waals surface area contributed by atoms with E-state index in [1.807, 2.05) is 0 Å². The summed E-state index contributed by atoms with van der Waals surface area (Å²) < 4.78 is 0. The van der Waals surface area contributed by atoms with Gasteiger partial charge in [-0.15, -0.1) is 11.3 Å². The number of hydrogen-bond acceptors (Lipinski definition) is 5. The minimum absolute atomic E-state index is 0.292. The maximum absolute atomic E-state index is 13.0. The van der Waals surface area contributed by atoms with Crippen molar-refractivity contribution in [3.05, 3.63) is 16.0 Å². The van der Waals surface area contributed by atoms with E-state index in [2.05, 4.69) is 23.6 Å². The Balaban J connectivity index is 1.47. The fraction of sp³-hybridized carbons (Fsp3) is 0.619. The molecule has 1 aliphatic heterocycles. The Kier molecular flexibility index (Phi) is 5.34. The molecule has 1 aromatic heterocycles. The van der Waals surface area contributed by atoms with Gasteiger partial charge >= 0.3 is 6.03 Å². The van der Waals surface area contributed by atoms with Gasteiger partial charge in [0.05, 0.1) is 5.56 Å². The SMILES string of the molecule is C[C@H]1CCc2c(sc(NC(=O)CN3C(=O)NC4(CCCCCC4)C3=O)c2C#N)C1. The molecule has 2 fully saturated rings. The van der Waals surface area contributed by atoms with Crippen molar-refractivity contribution in [1.29, 1.82) is 5.26 Å². The first-order chi connectivity index (χ1) is 13.9. The number of imide groups is 1. The van der Waals surface area contributed by atoms with Crippen LogP contribution in [0.15, 0.2) is 0 Å². The molecule has 2 heterocycles. The standard InChI is InChI=1S/C21H26N4O3S/c1-13-6-7-14-15(11-22)18(29-16(14)10-13)23-17(26)12-25-19(27)21(24-20(25)28)8-4-2-3-5-9-21/h13H,2-10,12H2,1H3,(H,23,26)(H,24,28)/t13-/m0/s1. The monoisotopic (exact) mass is 414 g/mol. The fourth-order valence-corrected chi connectivity index (χ4v) is 6.14. The Labute approximate surface area is 174 Å². The fourth-order valence-electron chi connectivity index (χ4n) is 4.76. The van der Waals surface area contributed by atoms with Crippen LogP contribution in [0.2, 0.25) is 0 Å². The van der Waals surface area contributed by atoms with Gasteiger partial charge in [0, 0.05) is 4.88 Å². The zero-order valence-corrected chi connectivity index (χ0v) is 17.5. The van der Waals surface area contributed by atoms with E-state index in [1.165, 1.54) is 11.3 Å². The number of carbonyl (C=O) groups is 3. The van der Waals surface area contributed by atoms with Gasteiger partial charge in [-0.05, 0) is 43.6 Å². The van der Waals surface area contributed by atoms with Crippen LogP contribution in [0.5, 0.6) is 0 Å². The molecular weight excluding hydrogens is 388 g/mol. The van der Waals surface area contributed by atoms with E-state index in [0.29, 0.717) is 29.3 Å². The van der Waals surface area contributed by atoms with Crippen molar-refractivity contribution in [1.82, 2.24) is 10.2 Å². The first-order valence-corrected chi connectivity index (χ1v) is 11.2. The second kappa shape index (κ2) is 7.79. The second-order valence-corrected chi connectivity index (χ2v) is 9.64. The number of fused-ring (bicyclic) bond motifs is 1. The highest BCUT2D eigenvalue weighted by Crippen LogP contribution is 2.39. The van der Waals surface area contributed by atoms with Gasteiger partial charge in [0.15, 0.2) is 0 Å². The molecule has 0 radical (unpaired) electrons. The molecule has 7 nitrogen and oxygen atoms in total. The molecule has 2 aliphatic carbocycles. The highest BCUT2D eigenvalue weighted by atomic mass is 32.1. The van der Waals surface area contributed by atoms with Gasteiger partial charge in [0.25, 0.3) is 5.91 Å². The van der Waals surface area contributed by atoms with Crippen molar-refractivity contribution in [2.75, 3.05) is 11.9 Å². The Morgan fingerprint density at radius 3 is 2.72 bits per heavy atom. The Morgan fingerprint density at radius 1 is 1.31 bits per heavy atom. The predicted molar refractivity (Wildman–Crippen MR) is 110 cm³/mol. The van der Waals surface area contributed by atoms with Crippen molar-refractivity contribution >= 4 is 34.2 Å². The van der Waals surface area contributed by atoms with E-state index in [9.17, 15) is 19.6 Å². The summed E-state index contributed by atoms with van der Waals surface area (Å²) in [5.41, 5.74) is 0.727. The Hall–Kier alpha value is -2.40. The molecule has 2 N–H and O–H groups in total. The molecule has 1 spiro atoms.